The maximum absolute atomic E-state index is 13.1. The summed E-state index contributed by atoms with van der Waals surface area (Å²) in [7, 11) is 0. The molecule has 0 spiro atoms. The van der Waals surface area contributed by atoms with Crippen molar-refractivity contribution in [3.05, 3.63) is 64.5 Å². The van der Waals surface area contributed by atoms with Gasteiger partial charge in [0.05, 0.1) is 23.4 Å². The Kier molecular flexibility index (Phi) is 3.92. The van der Waals surface area contributed by atoms with Crippen molar-refractivity contribution >= 4 is 22.5 Å². The quantitative estimate of drug-likeness (QED) is 0.626. The number of benzene rings is 2. The summed E-state index contributed by atoms with van der Waals surface area (Å²) < 4.78 is 39.3. The van der Waals surface area contributed by atoms with Crippen molar-refractivity contribution in [3.63, 3.8) is 0 Å². The number of rotatable bonds is 2. The molecule has 1 amide bonds. The van der Waals surface area contributed by atoms with Gasteiger partial charge >= 0.3 is 6.18 Å². The highest BCUT2D eigenvalue weighted by Gasteiger charge is 2.32. The highest BCUT2D eigenvalue weighted by molar-refractivity contribution is 6.05. The van der Waals surface area contributed by atoms with Gasteiger partial charge in [-0.1, -0.05) is 6.07 Å². The van der Waals surface area contributed by atoms with Gasteiger partial charge in [-0.05, 0) is 41.5 Å². The average Bonchev–Trinajstić information content (AvgIpc) is 2.90. The number of carbonyl (C=O) groups is 1. The number of hydrogen-bond acceptors (Lipinski definition) is 1. The summed E-state index contributed by atoms with van der Waals surface area (Å²) in [6.45, 7) is 7.28. The second-order valence-electron chi connectivity index (χ2n) is 6.47. The Morgan fingerprint density at radius 3 is 2.70 bits per heavy atom. The molecule has 2 N–H and O–H groups in total. The fourth-order valence-corrected chi connectivity index (χ4v) is 3.44. The maximum atomic E-state index is 13.1. The third-order valence-electron chi connectivity index (χ3n) is 4.71. The number of nitrogens with zero attached hydrogens (tertiary/aromatic N) is 1. The lowest BCUT2D eigenvalue weighted by atomic mass is 9.99. The molecule has 4 rings (SSSR count). The zero-order valence-corrected chi connectivity index (χ0v) is 14.1. The smallest absolute Gasteiger partial charge is 0.354 e. The molecular formula is C20H14F3N3O. The van der Waals surface area contributed by atoms with Gasteiger partial charge in [0.1, 0.15) is 0 Å². The lowest BCUT2D eigenvalue weighted by molar-refractivity contribution is -0.137. The first-order valence-corrected chi connectivity index (χ1v) is 8.35. The second-order valence-corrected chi connectivity index (χ2v) is 6.47. The van der Waals surface area contributed by atoms with Gasteiger partial charge in [-0.3, -0.25) is 4.79 Å². The van der Waals surface area contributed by atoms with Gasteiger partial charge in [-0.15, -0.1) is 0 Å². The van der Waals surface area contributed by atoms with E-state index in [-0.39, 0.29) is 12.3 Å². The SMILES string of the molecule is [C-]#[N+]CCc1ccc2c(c1)-c1[nH]c3ccc(C(F)(F)F)cc3c1CC(=O)N2. The molecule has 0 atom stereocenters. The van der Waals surface area contributed by atoms with Crippen molar-refractivity contribution in [3.8, 4) is 11.3 Å². The highest BCUT2D eigenvalue weighted by atomic mass is 19.4. The van der Waals surface area contributed by atoms with Crippen molar-refractivity contribution < 1.29 is 18.0 Å². The zero-order valence-electron chi connectivity index (χ0n) is 14.1. The Hall–Kier alpha value is -3.27. The highest BCUT2D eigenvalue weighted by Crippen LogP contribution is 2.40. The number of alkyl halides is 3. The molecule has 4 nitrogen and oxygen atoms in total. The molecule has 0 saturated carbocycles. The number of halogens is 3. The minimum absolute atomic E-state index is 0.0112. The molecule has 27 heavy (non-hydrogen) atoms. The molecule has 136 valence electrons. The van der Waals surface area contributed by atoms with Gasteiger partial charge in [-0.2, -0.15) is 13.2 Å². The minimum atomic E-state index is -4.45. The predicted octanol–water partition coefficient (Wildman–Crippen LogP) is 4.81. The lowest BCUT2D eigenvalue weighted by Crippen LogP contribution is -2.12. The fourth-order valence-electron chi connectivity index (χ4n) is 3.44. The molecule has 3 aromatic rings. The number of H-pyrrole nitrogens is 1. The zero-order chi connectivity index (χ0) is 19.2. The van der Waals surface area contributed by atoms with Crippen molar-refractivity contribution in [2.75, 3.05) is 11.9 Å². The van der Waals surface area contributed by atoms with E-state index in [4.69, 9.17) is 6.57 Å². The fraction of sp³-hybridized carbons (Fsp3) is 0.200. The van der Waals surface area contributed by atoms with Gasteiger partial charge in [0.2, 0.25) is 12.5 Å². The van der Waals surface area contributed by atoms with E-state index in [1.54, 1.807) is 6.07 Å². The summed E-state index contributed by atoms with van der Waals surface area (Å²) in [6, 6.07) is 9.02. The Bertz CT molecular complexity index is 1110. The summed E-state index contributed by atoms with van der Waals surface area (Å²) >= 11 is 0. The first kappa shape index (κ1) is 17.2. The maximum Gasteiger partial charge on any atom is 0.416 e. The largest absolute Gasteiger partial charge is 0.416 e. The van der Waals surface area contributed by atoms with E-state index in [1.807, 2.05) is 12.1 Å². The van der Waals surface area contributed by atoms with Gasteiger partial charge in [0.15, 0.2) is 0 Å². The molecular weight excluding hydrogens is 355 g/mol. The Morgan fingerprint density at radius 1 is 1.15 bits per heavy atom. The van der Waals surface area contributed by atoms with Crippen LogP contribution in [-0.4, -0.2) is 17.4 Å². The Balaban J connectivity index is 1.93. The molecule has 2 heterocycles. The topological polar surface area (TPSA) is 49.2 Å². The van der Waals surface area contributed by atoms with Crippen LogP contribution in [0.3, 0.4) is 0 Å². The molecule has 0 saturated heterocycles. The van der Waals surface area contributed by atoms with E-state index in [1.165, 1.54) is 6.07 Å². The molecule has 1 aromatic heterocycles. The van der Waals surface area contributed by atoms with E-state index in [2.05, 4.69) is 15.1 Å². The lowest BCUT2D eigenvalue weighted by Gasteiger charge is -2.09. The van der Waals surface area contributed by atoms with Gasteiger partial charge in [0, 0.05) is 22.9 Å². The van der Waals surface area contributed by atoms with Gasteiger partial charge in [0.25, 0.3) is 0 Å². The average molecular weight is 369 g/mol. The molecule has 1 aliphatic heterocycles. The molecule has 0 unspecified atom stereocenters. The first-order valence-electron chi connectivity index (χ1n) is 8.35. The monoisotopic (exact) mass is 369 g/mol. The molecule has 7 heteroatoms. The van der Waals surface area contributed by atoms with Crippen LogP contribution in [0, 0.1) is 6.57 Å². The van der Waals surface area contributed by atoms with Crippen LogP contribution in [0.2, 0.25) is 0 Å². The van der Waals surface area contributed by atoms with E-state index in [9.17, 15) is 18.0 Å². The third-order valence-corrected chi connectivity index (χ3v) is 4.71. The minimum Gasteiger partial charge on any atom is -0.354 e. The van der Waals surface area contributed by atoms with Crippen LogP contribution >= 0.6 is 0 Å². The summed E-state index contributed by atoms with van der Waals surface area (Å²) in [5.74, 6) is -0.276. The van der Waals surface area contributed by atoms with Crippen LogP contribution in [-0.2, 0) is 23.8 Å². The number of aromatic amines is 1. The number of carbonyl (C=O) groups excluding carboxylic acids is 1. The first-order chi connectivity index (χ1) is 12.9. The Labute approximate surface area is 152 Å². The van der Waals surface area contributed by atoms with Crippen LogP contribution in [0.5, 0.6) is 0 Å². The van der Waals surface area contributed by atoms with E-state index >= 15 is 0 Å². The molecule has 2 aromatic carbocycles. The summed E-state index contributed by atoms with van der Waals surface area (Å²) in [5, 5.41) is 3.20. The number of anilines is 1. The normalized spacial score (nSPS) is 13.5. The molecule has 0 radical (unpaired) electrons. The molecule has 0 aliphatic carbocycles. The number of fused-ring (bicyclic) bond motifs is 5. The van der Waals surface area contributed by atoms with Crippen molar-refractivity contribution in [2.45, 2.75) is 19.0 Å². The van der Waals surface area contributed by atoms with Crippen LogP contribution in [0.1, 0.15) is 16.7 Å². The number of aromatic nitrogens is 1. The molecule has 0 fully saturated rings. The number of hydrogen-bond donors (Lipinski definition) is 2. The number of amides is 1. The summed E-state index contributed by atoms with van der Waals surface area (Å²) in [6.07, 6.45) is -3.89. The van der Waals surface area contributed by atoms with Gasteiger partial charge in [-0.25, -0.2) is 6.57 Å². The van der Waals surface area contributed by atoms with E-state index < -0.39 is 11.7 Å². The predicted molar refractivity (Wildman–Crippen MR) is 96.2 cm³/mol. The second kappa shape index (κ2) is 6.16. The van der Waals surface area contributed by atoms with Crippen molar-refractivity contribution in [1.82, 2.24) is 4.98 Å². The molecule has 1 aliphatic rings. The summed E-state index contributed by atoms with van der Waals surface area (Å²) in [4.78, 5) is 18.8. The standard InChI is InChI=1S/C20H14F3N3O/c1-24-7-6-11-2-4-17-15(8-11)19-14(10-18(27)25-17)13-9-12(20(21,22)23)3-5-16(13)26-19/h2-5,8-9,26H,6-7,10H2,(H,25,27). The van der Waals surface area contributed by atoms with Crippen LogP contribution < -0.4 is 5.32 Å². The molecule has 0 bridgehead atoms. The van der Waals surface area contributed by atoms with Gasteiger partial charge < -0.3 is 15.1 Å². The van der Waals surface area contributed by atoms with Crippen molar-refractivity contribution in [2.24, 2.45) is 0 Å². The van der Waals surface area contributed by atoms with E-state index in [0.717, 1.165) is 23.3 Å². The number of nitrogens with one attached hydrogen (secondary N) is 2. The van der Waals surface area contributed by atoms with Crippen molar-refractivity contribution in [1.29, 1.82) is 0 Å². The summed E-state index contributed by atoms with van der Waals surface area (Å²) in [5.41, 5.74) is 3.27. The van der Waals surface area contributed by atoms with Crippen LogP contribution in [0.15, 0.2) is 36.4 Å². The van der Waals surface area contributed by atoms with Crippen LogP contribution in [0.25, 0.3) is 27.0 Å². The van der Waals surface area contributed by atoms with E-state index in [0.29, 0.717) is 40.8 Å². The third kappa shape index (κ3) is 3.04. The van der Waals surface area contributed by atoms with Crippen LogP contribution in [0.4, 0.5) is 18.9 Å². The Morgan fingerprint density at radius 2 is 1.96 bits per heavy atom.